The van der Waals surface area contributed by atoms with Gasteiger partial charge in [0.15, 0.2) is 0 Å². The molecule has 19 heavy (non-hydrogen) atoms. The molecule has 4 nitrogen and oxygen atoms in total. The van der Waals surface area contributed by atoms with Gasteiger partial charge in [-0.25, -0.2) is 4.98 Å². The van der Waals surface area contributed by atoms with Gasteiger partial charge >= 0.3 is 0 Å². The van der Waals surface area contributed by atoms with Gasteiger partial charge in [-0.15, -0.1) is 0 Å². The van der Waals surface area contributed by atoms with E-state index in [2.05, 4.69) is 29.5 Å². The van der Waals surface area contributed by atoms with E-state index in [-0.39, 0.29) is 12.6 Å². The molecule has 0 aliphatic heterocycles. The number of imidazole rings is 1. The highest BCUT2D eigenvalue weighted by molar-refractivity contribution is 5.76. The van der Waals surface area contributed by atoms with Gasteiger partial charge in [0.1, 0.15) is 5.82 Å². The zero-order valence-electron chi connectivity index (χ0n) is 11.7. The lowest BCUT2D eigenvalue weighted by Crippen LogP contribution is -2.19. The van der Waals surface area contributed by atoms with Gasteiger partial charge in [0.2, 0.25) is 0 Å². The summed E-state index contributed by atoms with van der Waals surface area (Å²) >= 11 is 0. The van der Waals surface area contributed by atoms with Crippen LogP contribution in [0.25, 0.3) is 11.0 Å². The number of nitrogens with two attached hydrogens (primary N) is 1. The second-order valence-electron chi connectivity index (χ2n) is 5.42. The third-order valence-electron chi connectivity index (χ3n) is 3.28. The Kier molecular flexibility index (Phi) is 4.56. The Morgan fingerprint density at radius 1 is 1.32 bits per heavy atom. The average Bonchev–Trinajstić information content (AvgIpc) is 2.74. The summed E-state index contributed by atoms with van der Waals surface area (Å²) in [5.41, 5.74) is 8.37. The lowest BCUT2D eigenvalue weighted by Gasteiger charge is -2.16. The molecular weight excluding hydrogens is 238 g/mol. The van der Waals surface area contributed by atoms with Crippen molar-refractivity contribution in [2.24, 2.45) is 11.7 Å². The fraction of sp³-hybridized carbons (Fsp3) is 0.533. The summed E-state index contributed by atoms with van der Waals surface area (Å²) in [6.07, 6.45) is 1.64. The fourth-order valence-electron chi connectivity index (χ4n) is 2.45. The molecule has 1 unspecified atom stereocenters. The van der Waals surface area contributed by atoms with Crippen LogP contribution in [-0.4, -0.2) is 21.3 Å². The number of hydrogen-bond acceptors (Lipinski definition) is 3. The molecule has 0 aliphatic rings. The van der Waals surface area contributed by atoms with Crippen LogP contribution in [0.1, 0.15) is 38.6 Å². The van der Waals surface area contributed by atoms with Crippen molar-refractivity contribution in [3.05, 3.63) is 30.1 Å². The van der Waals surface area contributed by atoms with Crippen LogP contribution in [0, 0.1) is 5.92 Å². The van der Waals surface area contributed by atoms with Crippen molar-refractivity contribution in [1.29, 1.82) is 0 Å². The summed E-state index contributed by atoms with van der Waals surface area (Å²) in [5.74, 6) is 1.48. The third kappa shape index (κ3) is 3.14. The van der Waals surface area contributed by atoms with Crippen LogP contribution >= 0.6 is 0 Å². The Morgan fingerprint density at radius 2 is 2.05 bits per heavy atom. The quantitative estimate of drug-likeness (QED) is 0.839. The van der Waals surface area contributed by atoms with E-state index in [4.69, 9.17) is 10.8 Å². The number of aliphatic hydroxyl groups is 1. The predicted octanol–water partition coefficient (Wildman–Crippen LogP) is 2.46. The summed E-state index contributed by atoms with van der Waals surface area (Å²) in [4.78, 5) is 4.67. The SMILES string of the molecule is CC(C)CC(N)c1nc2ccccc2n1CCCO. The summed E-state index contributed by atoms with van der Waals surface area (Å²) < 4.78 is 2.15. The minimum absolute atomic E-state index is 0.0499. The lowest BCUT2D eigenvalue weighted by atomic mass is 10.0. The first-order valence-electron chi connectivity index (χ1n) is 6.95. The van der Waals surface area contributed by atoms with E-state index in [1.54, 1.807) is 0 Å². The zero-order valence-corrected chi connectivity index (χ0v) is 11.7. The highest BCUT2D eigenvalue weighted by atomic mass is 16.3. The first-order chi connectivity index (χ1) is 9.13. The number of hydrogen-bond donors (Lipinski definition) is 2. The molecule has 0 fully saturated rings. The molecule has 1 aromatic heterocycles. The fourth-order valence-corrected chi connectivity index (χ4v) is 2.45. The molecule has 3 N–H and O–H groups in total. The van der Waals surface area contributed by atoms with E-state index in [1.807, 2.05) is 18.2 Å². The van der Waals surface area contributed by atoms with Crippen molar-refractivity contribution < 1.29 is 5.11 Å². The first kappa shape index (κ1) is 14.0. The van der Waals surface area contributed by atoms with E-state index in [9.17, 15) is 0 Å². The highest BCUT2D eigenvalue weighted by Crippen LogP contribution is 2.23. The van der Waals surface area contributed by atoms with Gasteiger partial charge in [-0.3, -0.25) is 0 Å². The van der Waals surface area contributed by atoms with E-state index < -0.39 is 0 Å². The molecule has 0 aliphatic carbocycles. The molecule has 2 rings (SSSR count). The molecular formula is C15H23N3O. The van der Waals surface area contributed by atoms with Crippen molar-refractivity contribution in [2.45, 2.75) is 39.3 Å². The molecule has 0 saturated carbocycles. The van der Waals surface area contributed by atoms with Crippen molar-refractivity contribution in [1.82, 2.24) is 9.55 Å². The van der Waals surface area contributed by atoms with Gasteiger partial charge in [-0.05, 0) is 30.9 Å². The minimum atomic E-state index is -0.0499. The average molecular weight is 261 g/mol. The van der Waals surface area contributed by atoms with E-state index in [0.29, 0.717) is 5.92 Å². The van der Waals surface area contributed by atoms with Gasteiger partial charge in [0.25, 0.3) is 0 Å². The normalized spacial score (nSPS) is 13.3. The maximum absolute atomic E-state index is 9.05. The molecule has 0 radical (unpaired) electrons. The van der Waals surface area contributed by atoms with Gasteiger partial charge in [-0.1, -0.05) is 26.0 Å². The maximum atomic E-state index is 9.05. The topological polar surface area (TPSA) is 64.1 Å². The van der Waals surface area contributed by atoms with Crippen molar-refractivity contribution in [3.63, 3.8) is 0 Å². The van der Waals surface area contributed by atoms with Crippen LogP contribution in [0.2, 0.25) is 0 Å². The number of fused-ring (bicyclic) bond motifs is 1. The Morgan fingerprint density at radius 3 is 2.74 bits per heavy atom. The molecule has 0 saturated heterocycles. The van der Waals surface area contributed by atoms with Gasteiger partial charge in [-0.2, -0.15) is 0 Å². The van der Waals surface area contributed by atoms with Crippen LogP contribution in [0.5, 0.6) is 0 Å². The maximum Gasteiger partial charge on any atom is 0.126 e. The Bertz CT molecular complexity index is 533. The second kappa shape index (κ2) is 6.17. The summed E-state index contributed by atoms with van der Waals surface area (Å²) in [7, 11) is 0. The number of nitrogens with zero attached hydrogens (tertiary/aromatic N) is 2. The van der Waals surface area contributed by atoms with Gasteiger partial charge in [0, 0.05) is 13.2 Å². The minimum Gasteiger partial charge on any atom is -0.396 e. The molecule has 0 amide bonds. The Hall–Kier alpha value is -1.39. The van der Waals surface area contributed by atoms with Crippen molar-refractivity contribution >= 4 is 11.0 Å². The van der Waals surface area contributed by atoms with Crippen LogP contribution in [0.4, 0.5) is 0 Å². The second-order valence-corrected chi connectivity index (χ2v) is 5.42. The molecule has 1 heterocycles. The lowest BCUT2D eigenvalue weighted by molar-refractivity contribution is 0.279. The van der Waals surface area contributed by atoms with Crippen LogP contribution in [0.3, 0.4) is 0 Å². The first-order valence-corrected chi connectivity index (χ1v) is 6.95. The van der Waals surface area contributed by atoms with Crippen molar-refractivity contribution in [3.8, 4) is 0 Å². The van der Waals surface area contributed by atoms with E-state index in [1.165, 1.54) is 0 Å². The monoisotopic (exact) mass is 261 g/mol. The summed E-state index contributed by atoms with van der Waals surface area (Å²) in [6, 6.07) is 8.02. The van der Waals surface area contributed by atoms with Crippen LogP contribution in [-0.2, 0) is 6.54 Å². The van der Waals surface area contributed by atoms with E-state index in [0.717, 1.165) is 36.2 Å². The number of rotatable bonds is 6. The largest absolute Gasteiger partial charge is 0.396 e. The summed E-state index contributed by atoms with van der Waals surface area (Å²) in [6.45, 7) is 5.28. The standard InChI is InChI=1S/C15H23N3O/c1-11(2)10-12(16)15-17-13-6-3-4-7-14(13)18(15)8-5-9-19/h3-4,6-7,11-12,19H,5,8-10,16H2,1-2H3. The van der Waals surface area contributed by atoms with Crippen LogP contribution < -0.4 is 5.73 Å². The van der Waals surface area contributed by atoms with Gasteiger partial charge in [0.05, 0.1) is 17.1 Å². The molecule has 1 atom stereocenters. The highest BCUT2D eigenvalue weighted by Gasteiger charge is 2.17. The number of benzene rings is 1. The molecule has 0 bridgehead atoms. The molecule has 0 spiro atoms. The number of aromatic nitrogens is 2. The van der Waals surface area contributed by atoms with E-state index >= 15 is 0 Å². The Balaban J connectivity index is 2.40. The zero-order chi connectivity index (χ0) is 13.8. The summed E-state index contributed by atoms with van der Waals surface area (Å²) in [5, 5.41) is 9.05. The third-order valence-corrected chi connectivity index (χ3v) is 3.28. The smallest absolute Gasteiger partial charge is 0.126 e. The molecule has 4 heteroatoms. The number of aliphatic hydroxyl groups excluding tert-OH is 1. The number of aryl methyl sites for hydroxylation is 1. The molecule has 2 aromatic rings. The molecule has 104 valence electrons. The molecule has 1 aromatic carbocycles. The Labute approximate surface area is 114 Å². The number of para-hydroxylation sites is 2. The predicted molar refractivity (Wildman–Crippen MR) is 77.8 cm³/mol. The van der Waals surface area contributed by atoms with Crippen LogP contribution in [0.15, 0.2) is 24.3 Å². The van der Waals surface area contributed by atoms with Gasteiger partial charge < -0.3 is 15.4 Å². The van der Waals surface area contributed by atoms with Crippen molar-refractivity contribution in [2.75, 3.05) is 6.61 Å².